The second-order valence-electron chi connectivity index (χ2n) is 3.79. The molecule has 0 radical (unpaired) electrons. The van der Waals surface area contributed by atoms with Crippen LogP contribution in [0.4, 0.5) is 5.82 Å². The molecule has 94 valence electrons. The largest absolute Gasteiger partial charge is 0.462 e. The molecule has 1 amide bonds. The van der Waals surface area contributed by atoms with E-state index >= 15 is 0 Å². The molecule has 2 heterocycles. The zero-order valence-electron chi connectivity index (χ0n) is 10.3. The van der Waals surface area contributed by atoms with Crippen molar-refractivity contribution in [1.29, 1.82) is 5.26 Å². The van der Waals surface area contributed by atoms with Crippen LogP contribution in [0.3, 0.4) is 0 Å². The maximum Gasteiger partial charge on any atom is 0.267 e. The summed E-state index contributed by atoms with van der Waals surface area (Å²) in [5, 5.41) is 11.5. The first-order valence-electron chi connectivity index (χ1n) is 5.59. The minimum Gasteiger partial charge on any atom is -0.462 e. The second-order valence-corrected chi connectivity index (χ2v) is 3.79. The van der Waals surface area contributed by atoms with Gasteiger partial charge in [-0.3, -0.25) is 4.79 Å². The van der Waals surface area contributed by atoms with Gasteiger partial charge in [0.05, 0.1) is 0 Å². The molecule has 0 aliphatic rings. The summed E-state index contributed by atoms with van der Waals surface area (Å²) in [5.74, 6) is 1.05. The van der Waals surface area contributed by atoms with E-state index in [0.29, 0.717) is 17.3 Å². The number of amides is 1. The van der Waals surface area contributed by atoms with Crippen LogP contribution in [0.5, 0.6) is 0 Å². The summed E-state index contributed by atoms with van der Waals surface area (Å²) in [6.07, 6.45) is 2.95. The van der Waals surface area contributed by atoms with Crippen molar-refractivity contribution in [2.24, 2.45) is 0 Å². The molecule has 0 bridgehead atoms. The van der Waals surface area contributed by atoms with Crippen molar-refractivity contribution < 1.29 is 9.21 Å². The van der Waals surface area contributed by atoms with E-state index in [2.05, 4.69) is 10.3 Å². The van der Waals surface area contributed by atoms with Crippen LogP contribution in [0.2, 0.25) is 0 Å². The van der Waals surface area contributed by atoms with Gasteiger partial charge in [-0.15, -0.1) is 0 Å². The number of carbonyl (C=O) groups excluding carboxylic acids is 1. The maximum absolute atomic E-state index is 11.9. The number of anilines is 1. The van der Waals surface area contributed by atoms with Crippen molar-refractivity contribution in [3.8, 4) is 6.07 Å². The highest BCUT2D eigenvalue weighted by molar-refractivity contribution is 6.09. The summed E-state index contributed by atoms with van der Waals surface area (Å²) < 4.78 is 5.29. The third-order valence-corrected chi connectivity index (χ3v) is 2.32. The van der Waals surface area contributed by atoms with Crippen LogP contribution >= 0.6 is 0 Å². The van der Waals surface area contributed by atoms with E-state index in [0.717, 1.165) is 0 Å². The van der Waals surface area contributed by atoms with Gasteiger partial charge in [-0.1, -0.05) is 6.07 Å². The van der Waals surface area contributed by atoms with Gasteiger partial charge in [0.25, 0.3) is 5.91 Å². The van der Waals surface area contributed by atoms with Gasteiger partial charge < -0.3 is 9.73 Å². The molecular weight excluding hydrogens is 242 g/mol. The Kier molecular flexibility index (Phi) is 3.74. The Balaban J connectivity index is 2.16. The van der Waals surface area contributed by atoms with Crippen molar-refractivity contribution in [3.05, 3.63) is 53.6 Å². The number of carbonyl (C=O) groups is 1. The Morgan fingerprint density at radius 3 is 2.84 bits per heavy atom. The molecule has 2 aromatic rings. The first-order chi connectivity index (χ1) is 9.19. The Hall–Kier alpha value is -2.87. The van der Waals surface area contributed by atoms with E-state index in [1.807, 2.05) is 6.07 Å². The van der Waals surface area contributed by atoms with Gasteiger partial charge >= 0.3 is 0 Å². The molecule has 1 N–H and O–H groups in total. The SMILES string of the molecule is Cc1ccc(/C=C(\C#N)C(=O)Nc2ccccn2)o1. The lowest BCUT2D eigenvalue weighted by atomic mass is 10.2. The third kappa shape index (κ3) is 3.30. The number of nitrogens with one attached hydrogen (secondary N) is 1. The van der Waals surface area contributed by atoms with E-state index < -0.39 is 5.91 Å². The van der Waals surface area contributed by atoms with Crippen LogP contribution in [-0.2, 0) is 4.79 Å². The molecule has 0 fully saturated rings. The van der Waals surface area contributed by atoms with Crippen LogP contribution in [0.15, 0.2) is 46.5 Å². The summed E-state index contributed by atoms with van der Waals surface area (Å²) in [7, 11) is 0. The Labute approximate surface area is 110 Å². The lowest BCUT2D eigenvalue weighted by molar-refractivity contribution is -0.112. The van der Waals surface area contributed by atoms with E-state index in [-0.39, 0.29) is 5.57 Å². The fourth-order valence-corrected chi connectivity index (χ4v) is 1.44. The Bertz CT molecular complexity index is 651. The van der Waals surface area contributed by atoms with E-state index in [4.69, 9.17) is 9.68 Å². The smallest absolute Gasteiger partial charge is 0.267 e. The van der Waals surface area contributed by atoms with Gasteiger partial charge in [-0.2, -0.15) is 5.26 Å². The summed E-state index contributed by atoms with van der Waals surface area (Å²) in [6.45, 7) is 1.79. The number of aromatic nitrogens is 1. The van der Waals surface area contributed by atoms with Gasteiger partial charge in [-0.05, 0) is 31.2 Å². The van der Waals surface area contributed by atoms with Crippen LogP contribution < -0.4 is 5.32 Å². The quantitative estimate of drug-likeness (QED) is 0.673. The average molecular weight is 253 g/mol. The number of hydrogen-bond donors (Lipinski definition) is 1. The van der Waals surface area contributed by atoms with E-state index in [1.165, 1.54) is 6.08 Å². The van der Waals surface area contributed by atoms with Gasteiger partial charge in [0.15, 0.2) is 0 Å². The molecule has 0 aliphatic heterocycles. The standard InChI is InChI=1S/C14H11N3O2/c1-10-5-6-12(19-10)8-11(9-15)14(18)17-13-4-2-3-7-16-13/h2-8H,1H3,(H,16,17,18)/b11-8+. The van der Waals surface area contributed by atoms with E-state index in [1.54, 1.807) is 43.5 Å². The van der Waals surface area contributed by atoms with Crippen LogP contribution in [0.25, 0.3) is 6.08 Å². The summed E-state index contributed by atoms with van der Waals surface area (Å²) in [4.78, 5) is 15.8. The highest BCUT2D eigenvalue weighted by Crippen LogP contribution is 2.12. The average Bonchev–Trinajstić information content (AvgIpc) is 2.82. The summed E-state index contributed by atoms with van der Waals surface area (Å²) in [6, 6.07) is 10.4. The molecule has 2 aromatic heterocycles. The number of nitrogens with zero attached hydrogens (tertiary/aromatic N) is 2. The highest BCUT2D eigenvalue weighted by Gasteiger charge is 2.10. The first-order valence-corrected chi connectivity index (χ1v) is 5.59. The Morgan fingerprint density at radius 1 is 1.42 bits per heavy atom. The molecule has 0 saturated heterocycles. The number of nitriles is 1. The molecule has 5 heteroatoms. The molecule has 0 unspecified atom stereocenters. The van der Waals surface area contributed by atoms with Crippen molar-refractivity contribution >= 4 is 17.8 Å². The number of furan rings is 1. The van der Waals surface area contributed by atoms with Crippen molar-refractivity contribution in [3.63, 3.8) is 0 Å². The second kappa shape index (κ2) is 5.65. The molecule has 0 aromatic carbocycles. The molecule has 0 atom stereocenters. The number of aryl methyl sites for hydroxylation is 1. The zero-order chi connectivity index (χ0) is 13.7. The normalized spacial score (nSPS) is 10.8. The maximum atomic E-state index is 11.9. The van der Waals surface area contributed by atoms with Gasteiger partial charge in [0.1, 0.15) is 29.0 Å². The first kappa shape index (κ1) is 12.6. The minimum absolute atomic E-state index is 0.0417. The lowest BCUT2D eigenvalue weighted by Gasteiger charge is -2.01. The van der Waals surface area contributed by atoms with Crippen LogP contribution in [0.1, 0.15) is 11.5 Å². The minimum atomic E-state index is -0.518. The number of rotatable bonds is 3. The van der Waals surface area contributed by atoms with Gasteiger partial charge in [-0.25, -0.2) is 4.98 Å². The molecule has 19 heavy (non-hydrogen) atoms. The molecular formula is C14H11N3O2. The summed E-state index contributed by atoms with van der Waals surface area (Å²) >= 11 is 0. The lowest BCUT2D eigenvalue weighted by Crippen LogP contribution is -2.14. The fourth-order valence-electron chi connectivity index (χ4n) is 1.44. The number of hydrogen-bond acceptors (Lipinski definition) is 4. The van der Waals surface area contributed by atoms with E-state index in [9.17, 15) is 4.79 Å². The highest BCUT2D eigenvalue weighted by atomic mass is 16.3. The van der Waals surface area contributed by atoms with Crippen molar-refractivity contribution in [1.82, 2.24) is 4.98 Å². The van der Waals surface area contributed by atoms with Crippen LogP contribution in [-0.4, -0.2) is 10.9 Å². The third-order valence-electron chi connectivity index (χ3n) is 2.32. The molecule has 0 spiro atoms. The Morgan fingerprint density at radius 2 is 2.26 bits per heavy atom. The summed E-state index contributed by atoms with van der Waals surface area (Å²) in [5.41, 5.74) is -0.0417. The molecule has 5 nitrogen and oxygen atoms in total. The number of pyridine rings is 1. The predicted molar refractivity (Wildman–Crippen MR) is 69.9 cm³/mol. The molecule has 2 rings (SSSR count). The van der Waals surface area contributed by atoms with Crippen LogP contribution in [0, 0.1) is 18.3 Å². The van der Waals surface area contributed by atoms with Crippen molar-refractivity contribution in [2.75, 3.05) is 5.32 Å². The molecule has 0 aliphatic carbocycles. The fraction of sp³-hybridized carbons (Fsp3) is 0.0714. The molecule has 0 saturated carbocycles. The topological polar surface area (TPSA) is 78.9 Å². The predicted octanol–water partition coefficient (Wildman–Crippen LogP) is 2.53. The van der Waals surface area contributed by atoms with Gasteiger partial charge in [0, 0.05) is 12.3 Å². The zero-order valence-corrected chi connectivity index (χ0v) is 10.3. The van der Waals surface area contributed by atoms with Crippen molar-refractivity contribution in [2.45, 2.75) is 6.92 Å². The monoisotopic (exact) mass is 253 g/mol. The van der Waals surface area contributed by atoms with Gasteiger partial charge in [0.2, 0.25) is 0 Å².